The molecule has 0 aliphatic carbocycles. The van der Waals surface area contributed by atoms with E-state index >= 15 is 0 Å². The molecule has 3 heteroatoms. The molecule has 1 N–H and O–H groups in total. The maximum atomic E-state index is 10.5. The molecular formula is C8H14O3. The Morgan fingerprint density at radius 2 is 2.36 bits per heavy atom. The zero-order chi connectivity index (χ0) is 8.27. The van der Waals surface area contributed by atoms with E-state index in [1.807, 2.05) is 0 Å². The molecule has 0 amide bonds. The van der Waals surface area contributed by atoms with Crippen LogP contribution >= 0.6 is 0 Å². The molecule has 1 fully saturated rings. The lowest BCUT2D eigenvalue weighted by atomic mass is 9.98. The van der Waals surface area contributed by atoms with Crippen LogP contribution in [-0.4, -0.2) is 23.8 Å². The van der Waals surface area contributed by atoms with Gasteiger partial charge in [-0.15, -0.1) is 0 Å². The van der Waals surface area contributed by atoms with Crippen molar-refractivity contribution in [2.45, 2.75) is 32.3 Å². The van der Waals surface area contributed by atoms with Crippen molar-refractivity contribution < 1.29 is 14.6 Å². The first-order valence-corrected chi connectivity index (χ1v) is 4.06. The van der Waals surface area contributed by atoms with Crippen LogP contribution in [0.1, 0.15) is 26.2 Å². The summed E-state index contributed by atoms with van der Waals surface area (Å²) in [6.07, 6.45) is 3.01. The van der Waals surface area contributed by atoms with Crippen LogP contribution in [0.3, 0.4) is 0 Å². The average Bonchev–Trinajstić information content (AvgIpc) is 2.05. The van der Waals surface area contributed by atoms with Crippen molar-refractivity contribution >= 4 is 5.97 Å². The Hall–Kier alpha value is -0.570. The number of hydrogen-bond acceptors (Lipinski definition) is 2. The molecule has 3 nitrogen and oxygen atoms in total. The van der Waals surface area contributed by atoms with Crippen molar-refractivity contribution in [2.75, 3.05) is 6.61 Å². The molecule has 1 rings (SSSR count). The summed E-state index contributed by atoms with van der Waals surface area (Å²) in [5.41, 5.74) is 0. The van der Waals surface area contributed by atoms with Gasteiger partial charge in [0.05, 0.1) is 12.0 Å². The molecule has 1 aliphatic rings. The summed E-state index contributed by atoms with van der Waals surface area (Å²) in [6.45, 7) is 2.43. The zero-order valence-corrected chi connectivity index (χ0v) is 6.75. The molecule has 1 unspecified atom stereocenters. The van der Waals surface area contributed by atoms with E-state index in [0.29, 0.717) is 0 Å². The van der Waals surface area contributed by atoms with Gasteiger partial charge >= 0.3 is 5.97 Å². The minimum Gasteiger partial charge on any atom is -0.481 e. The summed E-state index contributed by atoms with van der Waals surface area (Å²) < 4.78 is 5.32. The average molecular weight is 158 g/mol. The number of carbonyl (C=O) groups is 1. The van der Waals surface area contributed by atoms with Crippen molar-refractivity contribution in [3.05, 3.63) is 0 Å². The van der Waals surface area contributed by atoms with Crippen molar-refractivity contribution in [3.63, 3.8) is 0 Å². The summed E-state index contributed by atoms with van der Waals surface area (Å²) in [5.74, 6) is -1.10. The number of aliphatic carboxylic acids is 1. The van der Waals surface area contributed by atoms with Crippen LogP contribution in [0.15, 0.2) is 0 Å². The Morgan fingerprint density at radius 1 is 1.64 bits per heavy atom. The van der Waals surface area contributed by atoms with Crippen LogP contribution < -0.4 is 0 Å². The molecule has 0 saturated carbocycles. The Balaban J connectivity index is 2.38. The van der Waals surface area contributed by atoms with Gasteiger partial charge in [-0.25, -0.2) is 0 Å². The standard InChI is InChI=1S/C8H14O3/c1-6(8(9)10)7-4-2-3-5-11-7/h6-7H,2-5H2,1H3,(H,9,10)/t6-,7?/m1/s1. The number of rotatable bonds is 2. The van der Waals surface area contributed by atoms with E-state index in [-0.39, 0.29) is 12.0 Å². The van der Waals surface area contributed by atoms with Crippen molar-refractivity contribution in [2.24, 2.45) is 5.92 Å². The number of carboxylic acids is 1. The molecule has 0 radical (unpaired) electrons. The molecule has 1 heterocycles. The van der Waals surface area contributed by atoms with Crippen LogP contribution in [0.25, 0.3) is 0 Å². The van der Waals surface area contributed by atoms with Crippen LogP contribution in [0, 0.1) is 5.92 Å². The first-order chi connectivity index (χ1) is 5.22. The second-order valence-corrected chi connectivity index (χ2v) is 3.03. The summed E-state index contributed by atoms with van der Waals surface area (Å²) in [5, 5.41) is 8.65. The van der Waals surface area contributed by atoms with E-state index in [4.69, 9.17) is 9.84 Å². The summed E-state index contributed by atoms with van der Waals surface area (Å²) >= 11 is 0. The summed E-state index contributed by atoms with van der Waals surface area (Å²) in [7, 11) is 0. The maximum absolute atomic E-state index is 10.5. The smallest absolute Gasteiger partial charge is 0.308 e. The van der Waals surface area contributed by atoms with Gasteiger partial charge in [-0.05, 0) is 26.2 Å². The second-order valence-electron chi connectivity index (χ2n) is 3.03. The molecule has 11 heavy (non-hydrogen) atoms. The lowest BCUT2D eigenvalue weighted by Crippen LogP contribution is -2.31. The van der Waals surface area contributed by atoms with Gasteiger partial charge in [0.1, 0.15) is 0 Å². The van der Waals surface area contributed by atoms with Gasteiger partial charge in [0.25, 0.3) is 0 Å². The minimum atomic E-state index is -0.753. The molecular weight excluding hydrogens is 144 g/mol. The molecule has 2 atom stereocenters. The molecule has 0 spiro atoms. The SMILES string of the molecule is C[C@@H](C(=O)O)C1CCCCO1. The van der Waals surface area contributed by atoms with Crippen molar-refractivity contribution in [1.82, 2.24) is 0 Å². The molecule has 0 aromatic carbocycles. The predicted octanol–water partition coefficient (Wildman–Crippen LogP) is 1.28. The van der Waals surface area contributed by atoms with E-state index in [1.54, 1.807) is 6.92 Å². The fourth-order valence-electron chi connectivity index (χ4n) is 1.32. The van der Waals surface area contributed by atoms with Gasteiger partial charge in [-0.3, -0.25) is 4.79 Å². The number of hydrogen-bond donors (Lipinski definition) is 1. The fraction of sp³-hybridized carbons (Fsp3) is 0.875. The topological polar surface area (TPSA) is 46.5 Å². The Bertz CT molecular complexity index is 138. The fourth-order valence-corrected chi connectivity index (χ4v) is 1.32. The van der Waals surface area contributed by atoms with Gasteiger partial charge in [-0.2, -0.15) is 0 Å². The molecule has 64 valence electrons. The first-order valence-electron chi connectivity index (χ1n) is 4.06. The van der Waals surface area contributed by atoms with Gasteiger partial charge in [0.15, 0.2) is 0 Å². The molecule has 0 aromatic heterocycles. The van der Waals surface area contributed by atoms with Crippen LogP contribution in [0.2, 0.25) is 0 Å². The third-order valence-corrected chi connectivity index (χ3v) is 2.16. The zero-order valence-electron chi connectivity index (χ0n) is 6.75. The predicted molar refractivity (Wildman–Crippen MR) is 40.4 cm³/mol. The van der Waals surface area contributed by atoms with Gasteiger partial charge in [0, 0.05) is 6.61 Å². The van der Waals surface area contributed by atoms with Crippen LogP contribution in [-0.2, 0) is 9.53 Å². The van der Waals surface area contributed by atoms with Crippen molar-refractivity contribution in [1.29, 1.82) is 0 Å². The molecule has 0 aromatic rings. The van der Waals surface area contributed by atoms with E-state index in [2.05, 4.69) is 0 Å². The molecule has 1 saturated heterocycles. The largest absolute Gasteiger partial charge is 0.481 e. The van der Waals surface area contributed by atoms with Crippen molar-refractivity contribution in [3.8, 4) is 0 Å². The summed E-state index contributed by atoms with van der Waals surface area (Å²) in [6, 6.07) is 0. The first kappa shape index (κ1) is 8.53. The quantitative estimate of drug-likeness (QED) is 0.658. The van der Waals surface area contributed by atoms with Crippen LogP contribution in [0.5, 0.6) is 0 Å². The second kappa shape index (κ2) is 3.72. The lowest BCUT2D eigenvalue weighted by molar-refractivity contribution is -0.148. The normalized spacial score (nSPS) is 27.9. The highest BCUT2D eigenvalue weighted by molar-refractivity contribution is 5.70. The Morgan fingerprint density at radius 3 is 2.82 bits per heavy atom. The molecule has 0 bridgehead atoms. The van der Waals surface area contributed by atoms with Gasteiger partial charge < -0.3 is 9.84 Å². The lowest BCUT2D eigenvalue weighted by Gasteiger charge is -2.25. The number of ether oxygens (including phenoxy) is 1. The van der Waals surface area contributed by atoms with E-state index < -0.39 is 5.97 Å². The van der Waals surface area contributed by atoms with Gasteiger partial charge in [0.2, 0.25) is 0 Å². The molecule has 1 aliphatic heterocycles. The Kier molecular flexibility index (Phi) is 2.88. The monoisotopic (exact) mass is 158 g/mol. The summed E-state index contributed by atoms with van der Waals surface area (Å²) in [4.78, 5) is 10.5. The third kappa shape index (κ3) is 2.19. The van der Waals surface area contributed by atoms with Gasteiger partial charge in [-0.1, -0.05) is 0 Å². The number of carboxylic acid groups (broad SMARTS) is 1. The van der Waals surface area contributed by atoms with E-state index in [9.17, 15) is 4.79 Å². The minimum absolute atomic E-state index is 0.0544. The Labute approximate surface area is 66.4 Å². The third-order valence-electron chi connectivity index (χ3n) is 2.16. The van der Waals surface area contributed by atoms with Crippen LogP contribution in [0.4, 0.5) is 0 Å². The highest BCUT2D eigenvalue weighted by Gasteiger charge is 2.25. The maximum Gasteiger partial charge on any atom is 0.308 e. The highest BCUT2D eigenvalue weighted by atomic mass is 16.5. The highest BCUT2D eigenvalue weighted by Crippen LogP contribution is 2.19. The van der Waals surface area contributed by atoms with E-state index in [0.717, 1.165) is 25.9 Å². The van der Waals surface area contributed by atoms with E-state index in [1.165, 1.54) is 0 Å².